The van der Waals surface area contributed by atoms with E-state index in [1.807, 2.05) is 16.7 Å². The zero-order chi connectivity index (χ0) is 19.8. The molecule has 0 radical (unpaired) electrons. The van der Waals surface area contributed by atoms with Crippen LogP contribution in [0.4, 0.5) is 5.13 Å². The van der Waals surface area contributed by atoms with E-state index < -0.39 is 0 Å². The van der Waals surface area contributed by atoms with Gasteiger partial charge in [0.2, 0.25) is 0 Å². The molecule has 0 atom stereocenters. The molecule has 0 bridgehead atoms. The highest BCUT2D eigenvalue weighted by Gasteiger charge is 2.21. The van der Waals surface area contributed by atoms with Crippen molar-refractivity contribution >= 4 is 44.2 Å². The number of aromatic nitrogens is 3. The van der Waals surface area contributed by atoms with Crippen LogP contribution in [0.5, 0.6) is 0 Å². The van der Waals surface area contributed by atoms with Gasteiger partial charge in [0, 0.05) is 18.7 Å². The maximum Gasteiger partial charge on any atom is 0.292 e. The molecule has 2 aromatic heterocycles. The average Bonchev–Trinajstić information content (AvgIpc) is 3.11. The number of aryl methyl sites for hydroxylation is 1. The van der Waals surface area contributed by atoms with E-state index in [4.69, 9.17) is 21.3 Å². The number of ether oxygens (including phenoxy) is 1. The predicted octanol–water partition coefficient (Wildman–Crippen LogP) is 2.90. The number of fused-ring (bicyclic) bond motifs is 1. The van der Waals surface area contributed by atoms with Gasteiger partial charge in [-0.1, -0.05) is 35.1 Å². The van der Waals surface area contributed by atoms with Crippen LogP contribution >= 0.6 is 22.9 Å². The number of ketones is 1. The first kappa shape index (κ1) is 19.0. The lowest BCUT2D eigenvalue weighted by molar-refractivity contribution is 0.101. The standard InChI is InChI=1S/C19H19ClN4O3S/c1-11(25)15-13(4-3-5-14(15)20)10-24-12(2)21-18(26)16-17(24)22-19(28-16)23-6-8-27-9-7-23/h3-5H,6-10H2,1-2H3. The minimum Gasteiger partial charge on any atom is -0.378 e. The first-order valence-corrected chi connectivity index (χ1v) is 10.1. The lowest BCUT2D eigenvalue weighted by Gasteiger charge is -2.25. The molecular weight excluding hydrogens is 400 g/mol. The molecule has 1 aliphatic rings. The van der Waals surface area contributed by atoms with E-state index in [1.165, 1.54) is 18.3 Å². The number of carbonyl (C=O) groups is 1. The minimum atomic E-state index is -0.279. The molecular formula is C19H19ClN4O3S. The Labute approximate surface area is 170 Å². The number of Topliss-reactive ketones (excluding diaryl/α,β-unsaturated/α-hetero) is 1. The molecule has 146 valence electrons. The first-order chi connectivity index (χ1) is 13.5. The summed E-state index contributed by atoms with van der Waals surface area (Å²) in [6.07, 6.45) is 0. The van der Waals surface area contributed by atoms with E-state index in [9.17, 15) is 9.59 Å². The molecule has 1 aliphatic heterocycles. The number of halogens is 1. The number of hydrogen-bond acceptors (Lipinski definition) is 7. The highest BCUT2D eigenvalue weighted by Crippen LogP contribution is 2.29. The molecule has 3 aromatic rings. The highest BCUT2D eigenvalue weighted by molar-refractivity contribution is 7.22. The van der Waals surface area contributed by atoms with Crippen LogP contribution in [-0.2, 0) is 11.3 Å². The van der Waals surface area contributed by atoms with E-state index in [2.05, 4.69) is 9.88 Å². The van der Waals surface area contributed by atoms with Gasteiger partial charge in [-0.3, -0.25) is 9.59 Å². The minimum absolute atomic E-state index is 0.101. The summed E-state index contributed by atoms with van der Waals surface area (Å²) in [5.41, 5.74) is 1.56. The zero-order valence-corrected chi connectivity index (χ0v) is 17.1. The van der Waals surface area contributed by atoms with Crippen LogP contribution in [0.3, 0.4) is 0 Å². The molecule has 4 rings (SSSR count). The summed E-state index contributed by atoms with van der Waals surface area (Å²) in [5.74, 6) is 0.446. The maximum atomic E-state index is 12.5. The second-order valence-electron chi connectivity index (χ2n) is 6.63. The fraction of sp³-hybridized carbons (Fsp3) is 0.368. The number of carbonyl (C=O) groups excluding carboxylic acids is 1. The summed E-state index contributed by atoms with van der Waals surface area (Å²) in [7, 11) is 0. The number of rotatable bonds is 4. The Bertz CT molecular complexity index is 1120. The Morgan fingerprint density at radius 1 is 1.29 bits per heavy atom. The summed E-state index contributed by atoms with van der Waals surface area (Å²) in [4.78, 5) is 35.6. The van der Waals surface area contributed by atoms with Gasteiger partial charge in [0.15, 0.2) is 16.6 Å². The largest absolute Gasteiger partial charge is 0.378 e. The van der Waals surface area contributed by atoms with Crippen molar-refractivity contribution in [1.29, 1.82) is 0 Å². The number of morpholine rings is 1. The molecule has 9 heteroatoms. The van der Waals surface area contributed by atoms with Crippen molar-refractivity contribution < 1.29 is 9.53 Å². The van der Waals surface area contributed by atoms with E-state index in [1.54, 1.807) is 13.0 Å². The van der Waals surface area contributed by atoms with Crippen molar-refractivity contribution in [3.63, 3.8) is 0 Å². The Balaban J connectivity index is 1.83. The normalized spacial score (nSPS) is 14.6. The van der Waals surface area contributed by atoms with Crippen molar-refractivity contribution in [3.05, 3.63) is 50.5 Å². The SMILES string of the molecule is CC(=O)c1c(Cl)cccc1Cn1c(C)nc(=O)c2sc(N3CCOCC3)nc21. The molecule has 0 aliphatic carbocycles. The van der Waals surface area contributed by atoms with Gasteiger partial charge in [-0.15, -0.1) is 0 Å². The second-order valence-corrected chi connectivity index (χ2v) is 8.01. The van der Waals surface area contributed by atoms with Gasteiger partial charge < -0.3 is 14.2 Å². The van der Waals surface area contributed by atoms with Gasteiger partial charge in [0.1, 0.15) is 10.5 Å². The van der Waals surface area contributed by atoms with Gasteiger partial charge in [-0.25, -0.2) is 4.98 Å². The predicted molar refractivity (Wildman–Crippen MR) is 110 cm³/mol. The molecule has 1 saturated heterocycles. The quantitative estimate of drug-likeness (QED) is 0.606. The van der Waals surface area contributed by atoms with Gasteiger partial charge >= 0.3 is 0 Å². The molecule has 0 spiro atoms. The van der Waals surface area contributed by atoms with Crippen LogP contribution in [0.1, 0.15) is 28.7 Å². The summed E-state index contributed by atoms with van der Waals surface area (Å²) in [6, 6.07) is 5.38. The number of thiazole rings is 1. The highest BCUT2D eigenvalue weighted by atomic mass is 35.5. The van der Waals surface area contributed by atoms with Gasteiger partial charge in [0.25, 0.3) is 5.56 Å². The lowest BCUT2D eigenvalue weighted by atomic mass is 10.0. The third-order valence-corrected chi connectivity index (χ3v) is 6.17. The summed E-state index contributed by atoms with van der Waals surface area (Å²) < 4.78 is 7.78. The van der Waals surface area contributed by atoms with Crippen LogP contribution in [0.15, 0.2) is 23.0 Å². The van der Waals surface area contributed by atoms with E-state index in [0.29, 0.717) is 46.5 Å². The molecule has 1 aromatic carbocycles. The molecule has 0 amide bonds. The third-order valence-electron chi connectivity index (χ3n) is 4.76. The maximum absolute atomic E-state index is 12.5. The van der Waals surface area contributed by atoms with Gasteiger partial charge in [-0.2, -0.15) is 4.98 Å². The number of hydrogen-bond donors (Lipinski definition) is 0. The van der Waals surface area contributed by atoms with E-state index in [-0.39, 0.29) is 11.3 Å². The van der Waals surface area contributed by atoms with Crippen molar-refractivity contribution in [3.8, 4) is 0 Å². The Kier molecular flexibility index (Phi) is 5.18. The Morgan fingerprint density at radius 2 is 2.04 bits per heavy atom. The van der Waals surface area contributed by atoms with Crippen LogP contribution < -0.4 is 10.5 Å². The van der Waals surface area contributed by atoms with Crippen molar-refractivity contribution in [2.75, 3.05) is 31.2 Å². The van der Waals surface area contributed by atoms with E-state index in [0.717, 1.165) is 23.8 Å². The van der Waals surface area contributed by atoms with Crippen molar-refractivity contribution in [2.24, 2.45) is 0 Å². The summed E-state index contributed by atoms with van der Waals surface area (Å²) >= 11 is 7.60. The molecule has 0 unspecified atom stereocenters. The molecule has 0 N–H and O–H groups in total. The van der Waals surface area contributed by atoms with Crippen LogP contribution in [0.25, 0.3) is 10.3 Å². The topological polar surface area (TPSA) is 77.3 Å². The third kappa shape index (κ3) is 3.43. The zero-order valence-electron chi connectivity index (χ0n) is 15.6. The average molecular weight is 419 g/mol. The van der Waals surface area contributed by atoms with Crippen LogP contribution in [-0.4, -0.2) is 46.6 Å². The second kappa shape index (κ2) is 7.62. The monoisotopic (exact) mass is 418 g/mol. The summed E-state index contributed by atoms with van der Waals surface area (Å²) in [5, 5.41) is 1.20. The van der Waals surface area contributed by atoms with Crippen LogP contribution in [0.2, 0.25) is 5.02 Å². The van der Waals surface area contributed by atoms with Gasteiger partial charge in [0.05, 0.1) is 24.8 Å². The Hall–Kier alpha value is -2.29. The number of benzene rings is 1. The van der Waals surface area contributed by atoms with Crippen molar-refractivity contribution in [1.82, 2.24) is 14.5 Å². The molecule has 28 heavy (non-hydrogen) atoms. The molecule has 3 heterocycles. The van der Waals surface area contributed by atoms with Gasteiger partial charge in [-0.05, 0) is 25.5 Å². The molecule has 7 nitrogen and oxygen atoms in total. The summed E-state index contributed by atoms with van der Waals surface area (Å²) in [6.45, 7) is 6.39. The number of nitrogens with zero attached hydrogens (tertiary/aromatic N) is 4. The van der Waals surface area contributed by atoms with Crippen molar-refractivity contribution in [2.45, 2.75) is 20.4 Å². The molecule has 1 fully saturated rings. The fourth-order valence-electron chi connectivity index (χ4n) is 3.38. The Morgan fingerprint density at radius 3 is 2.75 bits per heavy atom. The van der Waals surface area contributed by atoms with E-state index >= 15 is 0 Å². The van der Waals surface area contributed by atoms with Crippen LogP contribution in [0, 0.1) is 6.92 Å². The lowest BCUT2D eigenvalue weighted by Crippen LogP contribution is -2.36. The first-order valence-electron chi connectivity index (χ1n) is 8.94. The fourth-order valence-corrected chi connectivity index (χ4v) is 4.71. The smallest absolute Gasteiger partial charge is 0.292 e. The number of anilines is 1. The molecule has 0 saturated carbocycles.